The molecule has 6 heteroatoms. The number of hydrogen-bond acceptors (Lipinski definition) is 4. The van der Waals surface area contributed by atoms with E-state index in [0.29, 0.717) is 23.7 Å². The molecule has 0 saturated heterocycles. The van der Waals surface area contributed by atoms with Crippen LogP contribution in [0.15, 0.2) is 22.7 Å². The number of hydrogen-bond donors (Lipinski definition) is 1. The van der Waals surface area contributed by atoms with Gasteiger partial charge in [-0.1, -0.05) is 16.8 Å². The molecular weight excluding hydrogens is 269 g/mol. The number of nitrogens with zero attached hydrogens (tertiary/aromatic N) is 2. The zero-order valence-electron chi connectivity index (χ0n) is 10.6. The van der Waals surface area contributed by atoms with Crippen molar-refractivity contribution < 1.29 is 8.91 Å². The van der Waals surface area contributed by atoms with Crippen molar-refractivity contribution in [3.63, 3.8) is 0 Å². The van der Waals surface area contributed by atoms with Gasteiger partial charge in [0, 0.05) is 18.0 Å². The topological polar surface area (TPSA) is 64.9 Å². The first-order valence-corrected chi connectivity index (χ1v) is 6.47. The van der Waals surface area contributed by atoms with Gasteiger partial charge in [-0.15, -0.1) is 0 Å². The lowest BCUT2D eigenvalue weighted by Crippen LogP contribution is -2.14. The average Bonchev–Trinajstić information content (AvgIpc) is 2.77. The van der Waals surface area contributed by atoms with Gasteiger partial charge in [0.25, 0.3) is 0 Å². The van der Waals surface area contributed by atoms with E-state index in [9.17, 15) is 4.39 Å². The number of aryl methyl sites for hydroxylation is 1. The first kappa shape index (κ1) is 14.0. The monoisotopic (exact) mass is 283 g/mol. The summed E-state index contributed by atoms with van der Waals surface area (Å²) in [6.07, 6.45) is 2.46. The number of aromatic nitrogens is 2. The average molecular weight is 284 g/mol. The van der Waals surface area contributed by atoms with Crippen LogP contribution in [0.3, 0.4) is 0 Å². The van der Waals surface area contributed by atoms with E-state index in [4.69, 9.17) is 21.9 Å². The van der Waals surface area contributed by atoms with Crippen molar-refractivity contribution in [3.05, 3.63) is 34.9 Å². The van der Waals surface area contributed by atoms with Crippen molar-refractivity contribution in [3.8, 4) is 11.4 Å². The molecule has 1 heterocycles. The van der Waals surface area contributed by atoms with E-state index >= 15 is 0 Å². The van der Waals surface area contributed by atoms with Gasteiger partial charge >= 0.3 is 0 Å². The number of nitrogens with two attached hydrogens (primary N) is 1. The molecule has 1 aromatic heterocycles. The van der Waals surface area contributed by atoms with E-state index in [1.165, 1.54) is 18.2 Å². The summed E-state index contributed by atoms with van der Waals surface area (Å²) >= 11 is 5.94. The summed E-state index contributed by atoms with van der Waals surface area (Å²) in [5.41, 5.74) is 6.23. The Morgan fingerprint density at radius 3 is 2.95 bits per heavy atom. The molecule has 0 aliphatic heterocycles. The minimum atomic E-state index is -0.394. The van der Waals surface area contributed by atoms with Crippen molar-refractivity contribution >= 4 is 11.6 Å². The summed E-state index contributed by atoms with van der Waals surface area (Å²) in [4.78, 5) is 4.24. The summed E-state index contributed by atoms with van der Waals surface area (Å²) in [6, 6.07) is 4.24. The molecule has 0 aliphatic carbocycles. The molecule has 19 heavy (non-hydrogen) atoms. The summed E-state index contributed by atoms with van der Waals surface area (Å²) in [5, 5.41) is 4.12. The highest BCUT2D eigenvalue weighted by Crippen LogP contribution is 2.26. The van der Waals surface area contributed by atoms with Gasteiger partial charge in [0.2, 0.25) is 11.7 Å². The second-order valence-corrected chi connectivity index (χ2v) is 4.91. The molecule has 1 unspecified atom stereocenters. The van der Waals surface area contributed by atoms with Crippen molar-refractivity contribution in [2.45, 2.75) is 32.2 Å². The molecule has 0 radical (unpaired) electrons. The molecule has 0 fully saturated rings. The third-order valence-electron chi connectivity index (χ3n) is 2.69. The third-order valence-corrected chi connectivity index (χ3v) is 3.00. The summed E-state index contributed by atoms with van der Waals surface area (Å²) in [5.74, 6) is 0.520. The lowest BCUT2D eigenvalue weighted by Gasteiger charge is -2.01. The second-order valence-electron chi connectivity index (χ2n) is 4.51. The Bertz CT molecular complexity index is 557. The summed E-state index contributed by atoms with van der Waals surface area (Å²) in [6.45, 7) is 1.96. The lowest BCUT2D eigenvalue weighted by molar-refractivity contribution is 0.373. The van der Waals surface area contributed by atoms with E-state index < -0.39 is 5.82 Å². The molecule has 1 atom stereocenters. The van der Waals surface area contributed by atoms with E-state index in [1.807, 2.05) is 6.92 Å². The van der Waals surface area contributed by atoms with Gasteiger partial charge in [-0.3, -0.25) is 0 Å². The third kappa shape index (κ3) is 3.75. The van der Waals surface area contributed by atoms with Crippen LogP contribution in [-0.4, -0.2) is 16.2 Å². The van der Waals surface area contributed by atoms with Gasteiger partial charge in [0.1, 0.15) is 5.82 Å². The minimum absolute atomic E-state index is 0.161. The maximum atomic E-state index is 13.0. The van der Waals surface area contributed by atoms with Gasteiger partial charge in [-0.05, 0) is 38.0 Å². The SMILES string of the molecule is CC(N)CCCc1nc(-c2ccc(F)cc2Cl)no1. The number of halogens is 2. The second kappa shape index (κ2) is 6.12. The highest BCUT2D eigenvalue weighted by molar-refractivity contribution is 6.33. The highest BCUT2D eigenvalue weighted by atomic mass is 35.5. The molecule has 0 saturated carbocycles. The van der Waals surface area contributed by atoms with Gasteiger partial charge in [0.15, 0.2) is 0 Å². The van der Waals surface area contributed by atoms with Crippen LogP contribution in [0, 0.1) is 5.82 Å². The molecule has 0 amide bonds. The van der Waals surface area contributed by atoms with Crippen LogP contribution in [0.4, 0.5) is 4.39 Å². The molecular formula is C13H15ClFN3O. The smallest absolute Gasteiger partial charge is 0.226 e. The normalized spacial score (nSPS) is 12.6. The van der Waals surface area contributed by atoms with Crippen molar-refractivity contribution in [2.24, 2.45) is 5.73 Å². The van der Waals surface area contributed by atoms with Crippen LogP contribution in [0.25, 0.3) is 11.4 Å². The van der Waals surface area contributed by atoms with Crippen molar-refractivity contribution in [1.82, 2.24) is 10.1 Å². The van der Waals surface area contributed by atoms with Gasteiger partial charge in [-0.25, -0.2) is 4.39 Å². The van der Waals surface area contributed by atoms with Crippen LogP contribution in [-0.2, 0) is 6.42 Å². The van der Waals surface area contributed by atoms with Gasteiger partial charge < -0.3 is 10.3 Å². The van der Waals surface area contributed by atoms with Gasteiger partial charge in [0.05, 0.1) is 5.02 Å². The van der Waals surface area contributed by atoms with Gasteiger partial charge in [-0.2, -0.15) is 4.98 Å². The predicted molar refractivity (Wildman–Crippen MR) is 71.3 cm³/mol. The van der Waals surface area contributed by atoms with E-state index in [-0.39, 0.29) is 11.1 Å². The largest absolute Gasteiger partial charge is 0.339 e. The standard InChI is InChI=1S/C13H15ClFN3O/c1-8(16)3-2-4-12-17-13(18-19-12)10-6-5-9(15)7-11(10)14/h5-8H,2-4,16H2,1H3. The Morgan fingerprint density at radius 2 is 2.26 bits per heavy atom. The number of rotatable bonds is 5. The fourth-order valence-electron chi connectivity index (χ4n) is 1.71. The maximum absolute atomic E-state index is 13.0. The molecule has 1 aromatic carbocycles. The molecule has 102 valence electrons. The van der Waals surface area contributed by atoms with E-state index in [1.54, 1.807) is 0 Å². The van der Waals surface area contributed by atoms with Crippen LogP contribution in [0.5, 0.6) is 0 Å². The fourth-order valence-corrected chi connectivity index (χ4v) is 1.96. The maximum Gasteiger partial charge on any atom is 0.226 e. The Morgan fingerprint density at radius 1 is 1.47 bits per heavy atom. The highest BCUT2D eigenvalue weighted by Gasteiger charge is 2.12. The summed E-state index contributed by atoms with van der Waals surface area (Å²) in [7, 11) is 0. The molecule has 0 spiro atoms. The van der Waals surface area contributed by atoms with Crippen LogP contribution < -0.4 is 5.73 Å². The molecule has 0 bridgehead atoms. The molecule has 4 nitrogen and oxygen atoms in total. The molecule has 2 rings (SSSR count). The summed E-state index contributed by atoms with van der Waals surface area (Å²) < 4.78 is 18.1. The molecule has 2 N–H and O–H groups in total. The Hall–Kier alpha value is -1.46. The van der Waals surface area contributed by atoms with Crippen LogP contribution in [0.2, 0.25) is 5.02 Å². The zero-order valence-corrected chi connectivity index (χ0v) is 11.3. The Kier molecular flexibility index (Phi) is 4.50. The van der Waals surface area contributed by atoms with E-state index in [2.05, 4.69) is 10.1 Å². The van der Waals surface area contributed by atoms with Crippen molar-refractivity contribution in [2.75, 3.05) is 0 Å². The van der Waals surface area contributed by atoms with Crippen LogP contribution in [0.1, 0.15) is 25.7 Å². The first-order valence-electron chi connectivity index (χ1n) is 6.10. The van der Waals surface area contributed by atoms with Crippen molar-refractivity contribution in [1.29, 1.82) is 0 Å². The minimum Gasteiger partial charge on any atom is -0.339 e. The lowest BCUT2D eigenvalue weighted by atomic mass is 10.1. The van der Waals surface area contributed by atoms with Crippen LogP contribution >= 0.6 is 11.6 Å². The quantitative estimate of drug-likeness (QED) is 0.915. The Labute approximate surface area is 115 Å². The number of benzene rings is 1. The fraction of sp³-hybridized carbons (Fsp3) is 0.385. The first-order chi connectivity index (χ1) is 9.06. The Balaban J connectivity index is 2.08. The zero-order chi connectivity index (χ0) is 13.8. The van der Waals surface area contributed by atoms with E-state index in [0.717, 1.165) is 12.8 Å². The molecule has 2 aromatic rings. The predicted octanol–water partition coefficient (Wildman–Crippen LogP) is 3.20. The molecule has 0 aliphatic rings.